The summed E-state index contributed by atoms with van der Waals surface area (Å²) < 4.78 is 11.6. The van der Waals surface area contributed by atoms with Crippen molar-refractivity contribution in [3.05, 3.63) is 22.2 Å². The van der Waals surface area contributed by atoms with Crippen LogP contribution in [0.15, 0.2) is 16.6 Å². The second-order valence-corrected chi connectivity index (χ2v) is 6.68. The van der Waals surface area contributed by atoms with Crippen LogP contribution in [0.1, 0.15) is 26.3 Å². The lowest BCUT2D eigenvalue weighted by Crippen LogP contribution is -2.36. The Morgan fingerprint density at radius 1 is 1.37 bits per heavy atom. The van der Waals surface area contributed by atoms with Gasteiger partial charge in [-0.1, -0.05) is 20.8 Å². The molecule has 1 unspecified atom stereocenters. The summed E-state index contributed by atoms with van der Waals surface area (Å²) in [4.78, 5) is 0. The molecule has 2 N–H and O–H groups in total. The van der Waals surface area contributed by atoms with Crippen LogP contribution in [0.25, 0.3) is 0 Å². The normalized spacial score (nSPS) is 15.6. The number of aliphatic hydroxyl groups excluding tert-OH is 1. The van der Waals surface area contributed by atoms with Crippen LogP contribution in [0.4, 0.5) is 0 Å². The zero-order chi connectivity index (χ0) is 14.0. The Hall–Kier alpha value is -0.780. The third-order valence-corrected chi connectivity index (χ3v) is 3.74. The van der Waals surface area contributed by atoms with Gasteiger partial charge in [0.15, 0.2) is 11.5 Å². The second kappa shape index (κ2) is 5.69. The Kier molecular flexibility index (Phi) is 4.38. The fourth-order valence-electron chi connectivity index (χ4n) is 1.78. The monoisotopic (exact) mass is 329 g/mol. The molecular weight excluding hydrogens is 310 g/mol. The van der Waals surface area contributed by atoms with Gasteiger partial charge in [0.1, 0.15) is 0 Å². The molecule has 0 saturated carbocycles. The Morgan fingerprint density at radius 2 is 2.11 bits per heavy atom. The fourth-order valence-corrected chi connectivity index (χ4v) is 2.39. The SMILES string of the molecule is CC(C)(C)C(O)CNCc1cc(Br)c2c(c1)OCO2. The minimum absolute atomic E-state index is 0.109. The average Bonchev–Trinajstić information content (AvgIpc) is 2.76. The van der Waals surface area contributed by atoms with Crippen molar-refractivity contribution < 1.29 is 14.6 Å². The highest BCUT2D eigenvalue weighted by Gasteiger charge is 2.22. The number of benzene rings is 1. The van der Waals surface area contributed by atoms with Crippen LogP contribution in [0.2, 0.25) is 0 Å². The number of halogens is 1. The standard InChI is InChI=1S/C14H20BrNO3/c1-14(2,3)12(17)7-16-6-9-4-10(15)13-11(5-9)18-8-19-13/h4-5,12,16-17H,6-8H2,1-3H3. The molecule has 1 atom stereocenters. The highest BCUT2D eigenvalue weighted by Crippen LogP contribution is 2.39. The predicted octanol–water partition coefficient (Wildman–Crippen LogP) is 2.67. The summed E-state index contributed by atoms with van der Waals surface area (Å²) in [6.07, 6.45) is -0.370. The van der Waals surface area contributed by atoms with Crippen molar-refractivity contribution in [3.63, 3.8) is 0 Å². The molecular formula is C14H20BrNO3. The van der Waals surface area contributed by atoms with Crippen molar-refractivity contribution in [3.8, 4) is 11.5 Å². The molecule has 1 aliphatic heterocycles. The van der Waals surface area contributed by atoms with Crippen molar-refractivity contribution in [2.75, 3.05) is 13.3 Å². The van der Waals surface area contributed by atoms with Crippen molar-refractivity contribution in [2.45, 2.75) is 33.4 Å². The maximum atomic E-state index is 9.96. The molecule has 0 aromatic heterocycles. The lowest BCUT2D eigenvalue weighted by Gasteiger charge is -2.26. The molecule has 0 bridgehead atoms. The van der Waals surface area contributed by atoms with E-state index in [2.05, 4.69) is 21.2 Å². The molecule has 0 aliphatic carbocycles. The van der Waals surface area contributed by atoms with Crippen LogP contribution in [0, 0.1) is 5.41 Å². The van der Waals surface area contributed by atoms with Gasteiger partial charge >= 0.3 is 0 Å². The number of fused-ring (bicyclic) bond motifs is 1. The van der Waals surface area contributed by atoms with E-state index in [1.54, 1.807) is 0 Å². The van der Waals surface area contributed by atoms with E-state index in [0.717, 1.165) is 21.5 Å². The largest absolute Gasteiger partial charge is 0.454 e. The number of ether oxygens (including phenoxy) is 2. The fraction of sp³-hybridized carbons (Fsp3) is 0.571. The molecule has 1 aliphatic rings. The first-order valence-electron chi connectivity index (χ1n) is 6.35. The Bertz CT molecular complexity index is 457. The van der Waals surface area contributed by atoms with E-state index in [9.17, 15) is 5.11 Å². The number of nitrogens with one attached hydrogen (secondary N) is 1. The molecule has 0 fully saturated rings. The third kappa shape index (κ3) is 3.61. The number of aliphatic hydroxyl groups is 1. The first kappa shape index (κ1) is 14.6. The third-order valence-electron chi connectivity index (χ3n) is 3.15. The summed E-state index contributed by atoms with van der Waals surface area (Å²) >= 11 is 3.47. The molecule has 19 heavy (non-hydrogen) atoms. The minimum Gasteiger partial charge on any atom is -0.454 e. The van der Waals surface area contributed by atoms with E-state index in [0.29, 0.717) is 13.1 Å². The molecule has 106 valence electrons. The molecule has 5 heteroatoms. The van der Waals surface area contributed by atoms with E-state index in [1.807, 2.05) is 32.9 Å². The molecule has 1 aromatic carbocycles. The summed E-state index contributed by atoms with van der Waals surface area (Å²) in [6, 6.07) is 3.97. The average molecular weight is 330 g/mol. The van der Waals surface area contributed by atoms with Gasteiger partial charge in [-0.2, -0.15) is 0 Å². The summed E-state index contributed by atoms with van der Waals surface area (Å²) in [5.41, 5.74) is 0.986. The zero-order valence-corrected chi connectivity index (χ0v) is 13.1. The van der Waals surface area contributed by atoms with Gasteiger partial charge in [0.05, 0.1) is 10.6 Å². The maximum Gasteiger partial charge on any atom is 0.231 e. The maximum absolute atomic E-state index is 9.96. The van der Waals surface area contributed by atoms with Gasteiger partial charge in [-0.25, -0.2) is 0 Å². The lowest BCUT2D eigenvalue weighted by atomic mass is 9.89. The van der Waals surface area contributed by atoms with Crippen LogP contribution >= 0.6 is 15.9 Å². The molecule has 0 amide bonds. The predicted molar refractivity (Wildman–Crippen MR) is 77.4 cm³/mol. The first-order chi connectivity index (χ1) is 8.88. The summed E-state index contributed by atoms with van der Waals surface area (Å²) in [7, 11) is 0. The van der Waals surface area contributed by atoms with Gasteiger partial charge in [-0.15, -0.1) is 0 Å². The van der Waals surface area contributed by atoms with Crippen molar-refractivity contribution in [1.29, 1.82) is 0 Å². The van der Waals surface area contributed by atoms with E-state index >= 15 is 0 Å². The Morgan fingerprint density at radius 3 is 2.79 bits per heavy atom. The number of rotatable bonds is 4. The van der Waals surface area contributed by atoms with Crippen LogP contribution in [-0.4, -0.2) is 24.5 Å². The molecule has 0 spiro atoms. The van der Waals surface area contributed by atoms with Crippen molar-refractivity contribution in [2.24, 2.45) is 5.41 Å². The highest BCUT2D eigenvalue weighted by atomic mass is 79.9. The van der Waals surface area contributed by atoms with Crippen LogP contribution in [0.3, 0.4) is 0 Å². The Labute approximate surface area is 122 Å². The second-order valence-electron chi connectivity index (χ2n) is 5.82. The quantitative estimate of drug-likeness (QED) is 0.891. The van der Waals surface area contributed by atoms with Crippen LogP contribution in [0.5, 0.6) is 11.5 Å². The van der Waals surface area contributed by atoms with Gasteiger partial charge in [0.2, 0.25) is 6.79 Å². The van der Waals surface area contributed by atoms with Gasteiger partial charge in [0.25, 0.3) is 0 Å². The number of hydrogen-bond donors (Lipinski definition) is 2. The van der Waals surface area contributed by atoms with Crippen molar-refractivity contribution >= 4 is 15.9 Å². The first-order valence-corrected chi connectivity index (χ1v) is 7.14. The van der Waals surface area contributed by atoms with Crippen molar-refractivity contribution in [1.82, 2.24) is 5.32 Å². The molecule has 4 nitrogen and oxygen atoms in total. The van der Waals surface area contributed by atoms with Gasteiger partial charge < -0.3 is 19.9 Å². The van der Waals surface area contributed by atoms with E-state index in [-0.39, 0.29) is 18.3 Å². The zero-order valence-electron chi connectivity index (χ0n) is 11.5. The number of hydrogen-bond acceptors (Lipinski definition) is 4. The Balaban J connectivity index is 1.92. The molecule has 1 aromatic rings. The van der Waals surface area contributed by atoms with Gasteiger partial charge in [-0.3, -0.25) is 0 Å². The van der Waals surface area contributed by atoms with E-state index < -0.39 is 0 Å². The van der Waals surface area contributed by atoms with Gasteiger partial charge in [-0.05, 0) is 39.0 Å². The minimum atomic E-state index is -0.370. The summed E-state index contributed by atoms with van der Waals surface area (Å²) in [5.74, 6) is 1.53. The highest BCUT2D eigenvalue weighted by molar-refractivity contribution is 9.10. The molecule has 1 heterocycles. The van der Waals surface area contributed by atoms with E-state index in [4.69, 9.17) is 9.47 Å². The molecule has 0 saturated heterocycles. The van der Waals surface area contributed by atoms with Crippen LogP contribution < -0.4 is 14.8 Å². The summed E-state index contributed by atoms with van der Waals surface area (Å²) in [6.45, 7) is 7.59. The topological polar surface area (TPSA) is 50.7 Å². The smallest absolute Gasteiger partial charge is 0.231 e. The lowest BCUT2D eigenvalue weighted by molar-refractivity contribution is 0.0627. The van der Waals surface area contributed by atoms with E-state index in [1.165, 1.54) is 0 Å². The molecule has 2 rings (SSSR count). The summed E-state index contributed by atoms with van der Waals surface area (Å²) in [5, 5.41) is 13.2. The van der Waals surface area contributed by atoms with Gasteiger partial charge in [0, 0.05) is 13.1 Å². The van der Waals surface area contributed by atoms with Crippen LogP contribution in [-0.2, 0) is 6.54 Å². The molecule has 0 radical (unpaired) electrons.